The van der Waals surface area contributed by atoms with Crippen LogP contribution in [0.1, 0.15) is 25.5 Å². The van der Waals surface area contributed by atoms with Crippen molar-refractivity contribution < 1.29 is 18.9 Å². The van der Waals surface area contributed by atoms with Gasteiger partial charge in [-0.3, -0.25) is 0 Å². The largest absolute Gasteiger partial charge is 0.497 e. The maximum atomic E-state index is 5.84. The molecule has 0 saturated carbocycles. The summed E-state index contributed by atoms with van der Waals surface area (Å²) in [6, 6.07) is 6.13. The number of rotatable bonds is 11. The van der Waals surface area contributed by atoms with Crippen LogP contribution in [0.4, 0.5) is 0 Å². The Morgan fingerprint density at radius 1 is 1.10 bits per heavy atom. The van der Waals surface area contributed by atoms with Gasteiger partial charge in [0.2, 0.25) is 0 Å². The highest BCUT2D eigenvalue weighted by Gasteiger charge is 2.12. The van der Waals surface area contributed by atoms with Crippen LogP contribution in [-0.2, 0) is 9.47 Å². The number of nitrogens with one attached hydrogen (secondary N) is 1. The minimum absolute atomic E-state index is 0.227. The topological polar surface area (TPSA) is 49.0 Å². The Morgan fingerprint density at radius 2 is 1.86 bits per heavy atom. The van der Waals surface area contributed by atoms with Gasteiger partial charge in [0.25, 0.3) is 0 Å². The highest BCUT2D eigenvalue weighted by molar-refractivity contribution is 5.42. The van der Waals surface area contributed by atoms with E-state index in [4.69, 9.17) is 18.9 Å². The predicted octanol–water partition coefficient (Wildman–Crippen LogP) is 2.41. The lowest BCUT2D eigenvalue weighted by Crippen LogP contribution is -2.19. The average molecular weight is 297 g/mol. The van der Waals surface area contributed by atoms with Gasteiger partial charge in [-0.1, -0.05) is 13.0 Å². The molecule has 0 saturated heterocycles. The lowest BCUT2D eigenvalue weighted by molar-refractivity contribution is 0.0541. The Labute approximate surface area is 127 Å². The third-order valence-electron chi connectivity index (χ3n) is 3.11. The molecule has 0 bridgehead atoms. The molecule has 0 heterocycles. The van der Waals surface area contributed by atoms with E-state index in [1.807, 2.05) is 18.2 Å². The Morgan fingerprint density at radius 3 is 2.52 bits per heavy atom. The monoisotopic (exact) mass is 297 g/mol. The van der Waals surface area contributed by atoms with E-state index >= 15 is 0 Å². The minimum Gasteiger partial charge on any atom is -0.497 e. The fourth-order valence-electron chi connectivity index (χ4n) is 2.00. The third-order valence-corrected chi connectivity index (χ3v) is 3.11. The maximum Gasteiger partial charge on any atom is 0.127 e. The molecule has 1 aromatic carbocycles. The summed E-state index contributed by atoms with van der Waals surface area (Å²) in [6.45, 7) is 7.34. The Kier molecular flexibility index (Phi) is 8.82. The molecule has 120 valence electrons. The van der Waals surface area contributed by atoms with Gasteiger partial charge >= 0.3 is 0 Å². The van der Waals surface area contributed by atoms with E-state index in [9.17, 15) is 0 Å². The van der Waals surface area contributed by atoms with Gasteiger partial charge in [-0.15, -0.1) is 0 Å². The highest BCUT2D eigenvalue weighted by Crippen LogP contribution is 2.29. The first-order valence-electron chi connectivity index (χ1n) is 7.33. The smallest absolute Gasteiger partial charge is 0.127 e. The molecule has 21 heavy (non-hydrogen) atoms. The van der Waals surface area contributed by atoms with E-state index in [2.05, 4.69) is 19.2 Å². The summed E-state index contributed by atoms with van der Waals surface area (Å²) in [6.07, 6.45) is 0. The zero-order chi connectivity index (χ0) is 15.5. The molecule has 5 nitrogen and oxygen atoms in total. The van der Waals surface area contributed by atoms with Crippen LogP contribution >= 0.6 is 0 Å². The first-order valence-corrected chi connectivity index (χ1v) is 7.33. The van der Waals surface area contributed by atoms with Gasteiger partial charge in [-0.2, -0.15) is 0 Å². The van der Waals surface area contributed by atoms with Crippen LogP contribution < -0.4 is 14.8 Å². The van der Waals surface area contributed by atoms with Crippen LogP contribution in [0, 0.1) is 0 Å². The molecule has 0 aliphatic carbocycles. The fourth-order valence-corrected chi connectivity index (χ4v) is 2.00. The molecule has 0 aromatic heterocycles. The van der Waals surface area contributed by atoms with Gasteiger partial charge in [0.05, 0.1) is 26.9 Å². The normalized spacial score (nSPS) is 12.2. The van der Waals surface area contributed by atoms with E-state index in [-0.39, 0.29) is 6.04 Å². The van der Waals surface area contributed by atoms with Crippen molar-refractivity contribution in [2.75, 3.05) is 47.2 Å². The molecule has 0 spiro atoms. The lowest BCUT2D eigenvalue weighted by atomic mass is 10.1. The first kappa shape index (κ1) is 17.8. The van der Waals surface area contributed by atoms with Crippen molar-refractivity contribution in [3.8, 4) is 11.5 Å². The van der Waals surface area contributed by atoms with Crippen molar-refractivity contribution in [1.29, 1.82) is 0 Å². The summed E-state index contributed by atoms with van der Waals surface area (Å²) in [5.41, 5.74) is 1.12. The second kappa shape index (κ2) is 10.4. The quantitative estimate of drug-likeness (QED) is 0.636. The summed E-state index contributed by atoms with van der Waals surface area (Å²) >= 11 is 0. The third kappa shape index (κ3) is 6.33. The van der Waals surface area contributed by atoms with Crippen LogP contribution in [0.3, 0.4) is 0 Å². The zero-order valence-corrected chi connectivity index (χ0v) is 13.5. The van der Waals surface area contributed by atoms with E-state index in [0.717, 1.165) is 23.6 Å². The second-order valence-electron chi connectivity index (χ2n) is 4.64. The summed E-state index contributed by atoms with van der Waals surface area (Å²) < 4.78 is 21.4. The number of hydrogen-bond acceptors (Lipinski definition) is 5. The molecule has 1 atom stereocenters. The number of hydrogen-bond donors (Lipinski definition) is 1. The molecular formula is C16H27NO4. The Balaban J connectivity index is 2.59. The Hall–Kier alpha value is -1.30. The van der Waals surface area contributed by atoms with Gasteiger partial charge in [0, 0.05) is 24.8 Å². The summed E-state index contributed by atoms with van der Waals surface area (Å²) in [7, 11) is 3.31. The first-order chi connectivity index (χ1) is 10.2. The molecule has 1 unspecified atom stereocenters. The molecule has 5 heteroatoms. The van der Waals surface area contributed by atoms with Gasteiger partial charge in [0.15, 0.2) is 0 Å². The van der Waals surface area contributed by atoms with Crippen molar-refractivity contribution in [3.05, 3.63) is 23.8 Å². The summed E-state index contributed by atoms with van der Waals surface area (Å²) in [5, 5.41) is 3.39. The van der Waals surface area contributed by atoms with Crippen molar-refractivity contribution >= 4 is 0 Å². The molecule has 0 radical (unpaired) electrons. The molecule has 0 aliphatic heterocycles. The molecule has 1 N–H and O–H groups in total. The van der Waals surface area contributed by atoms with Gasteiger partial charge in [0.1, 0.15) is 18.1 Å². The molecule has 0 fully saturated rings. The van der Waals surface area contributed by atoms with E-state index < -0.39 is 0 Å². The summed E-state index contributed by atoms with van der Waals surface area (Å²) in [4.78, 5) is 0. The molecule has 0 amide bonds. The molecule has 1 rings (SSSR count). The average Bonchev–Trinajstić information content (AvgIpc) is 2.50. The van der Waals surface area contributed by atoms with E-state index in [1.165, 1.54) is 0 Å². The van der Waals surface area contributed by atoms with Gasteiger partial charge in [-0.05, 0) is 19.5 Å². The fraction of sp³-hybridized carbons (Fsp3) is 0.625. The van der Waals surface area contributed by atoms with E-state index in [1.54, 1.807) is 14.2 Å². The van der Waals surface area contributed by atoms with E-state index in [0.29, 0.717) is 26.4 Å². The SMILES string of the molecule is CCNC(C)c1ccc(OC)cc1OCCOCCOC. The van der Waals surface area contributed by atoms with Crippen molar-refractivity contribution in [3.63, 3.8) is 0 Å². The van der Waals surface area contributed by atoms with Gasteiger partial charge < -0.3 is 24.3 Å². The van der Waals surface area contributed by atoms with Crippen LogP contribution in [0.15, 0.2) is 18.2 Å². The number of methoxy groups -OCH3 is 2. The number of benzene rings is 1. The highest BCUT2D eigenvalue weighted by atomic mass is 16.5. The molecule has 1 aromatic rings. The van der Waals surface area contributed by atoms with Crippen LogP contribution in [-0.4, -0.2) is 47.2 Å². The van der Waals surface area contributed by atoms with Crippen LogP contribution in [0.2, 0.25) is 0 Å². The molecular weight excluding hydrogens is 270 g/mol. The second-order valence-corrected chi connectivity index (χ2v) is 4.64. The van der Waals surface area contributed by atoms with Crippen LogP contribution in [0.25, 0.3) is 0 Å². The maximum absolute atomic E-state index is 5.84. The van der Waals surface area contributed by atoms with Crippen molar-refractivity contribution in [1.82, 2.24) is 5.32 Å². The zero-order valence-electron chi connectivity index (χ0n) is 13.5. The standard InChI is InChI=1S/C16H27NO4/c1-5-17-13(2)15-7-6-14(19-4)12-16(15)21-11-10-20-9-8-18-3/h6-7,12-13,17H,5,8-11H2,1-4H3. The predicted molar refractivity (Wildman–Crippen MR) is 83.3 cm³/mol. The molecule has 0 aliphatic rings. The van der Waals surface area contributed by atoms with Crippen molar-refractivity contribution in [2.45, 2.75) is 19.9 Å². The lowest BCUT2D eigenvalue weighted by Gasteiger charge is -2.18. The Bertz CT molecular complexity index is 398. The summed E-state index contributed by atoms with van der Waals surface area (Å²) in [5.74, 6) is 1.62. The minimum atomic E-state index is 0.227. The van der Waals surface area contributed by atoms with Crippen LogP contribution in [0.5, 0.6) is 11.5 Å². The number of ether oxygens (including phenoxy) is 4. The van der Waals surface area contributed by atoms with Gasteiger partial charge in [-0.25, -0.2) is 0 Å². The van der Waals surface area contributed by atoms with Crippen molar-refractivity contribution in [2.24, 2.45) is 0 Å².